The molecular formula is C10H20INO3. The second-order valence-electron chi connectivity index (χ2n) is 3.99. The fraction of sp³-hybridized carbons (Fsp3) is 0.900. The molecule has 0 bridgehead atoms. The van der Waals surface area contributed by atoms with E-state index < -0.39 is 3.61 Å². The first-order chi connectivity index (χ1) is 6.81. The standard InChI is InChI=1S/C10H20INO3/c1-8(13)7-12-6-4-5-9(14)15-10(2,3)11/h8,12-13H,4-7H2,1-3H3/t8-/m0/s1. The number of ether oxygens (including phenoxy) is 1. The first-order valence-corrected chi connectivity index (χ1v) is 6.18. The van der Waals surface area contributed by atoms with Crippen molar-refractivity contribution in [3.05, 3.63) is 0 Å². The Balaban J connectivity index is 3.40. The Hall–Kier alpha value is 0.120. The molecule has 0 aliphatic heterocycles. The first-order valence-electron chi connectivity index (χ1n) is 5.11. The van der Waals surface area contributed by atoms with E-state index in [2.05, 4.69) is 27.9 Å². The Labute approximate surface area is 105 Å². The zero-order chi connectivity index (χ0) is 11.9. The minimum atomic E-state index is -0.429. The van der Waals surface area contributed by atoms with Crippen LogP contribution in [0.4, 0.5) is 0 Å². The summed E-state index contributed by atoms with van der Waals surface area (Å²) in [7, 11) is 0. The smallest absolute Gasteiger partial charge is 0.307 e. The Morgan fingerprint density at radius 2 is 2.20 bits per heavy atom. The van der Waals surface area contributed by atoms with Crippen molar-refractivity contribution in [2.45, 2.75) is 43.3 Å². The Bertz CT molecular complexity index is 190. The van der Waals surface area contributed by atoms with Crippen LogP contribution in [0.15, 0.2) is 0 Å². The third-order valence-electron chi connectivity index (χ3n) is 1.53. The summed E-state index contributed by atoms with van der Waals surface area (Å²) in [6.07, 6.45) is 0.808. The van der Waals surface area contributed by atoms with Crippen LogP contribution in [0, 0.1) is 0 Å². The third-order valence-corrected chi connectivity index (χ3v) is 1.75. The highest BCUT2D eigenvalue weighted by atomic mass is 127. The third kappa shape index (κ3) is 12.0. The van der Waals surface area contributed by atoms with Crippen LogP contribution in [0.3, 0.4) is 0 Å². The van der Waals surface area contributed by atoms with Gasteiger partial charge in [0, 0.05) is 13.0 Å². The van der Waals surface area contributed by atoms with Crippen molar-refractivity contribution in [2.75, 3.05) is 13.1 Å². The molecule has 0 spiro atoms. The van der Waals surface area contributed by atoms with Gasteiger partial charge in [-0.25, -0.2) is 0 Å². The van der Waals surface area contributed by atoms with Crippen molar-refractivity contribution in [3.8, 4) is 0 Å². The molecule has 90 valence electrons. The van der Waals surface area contributed by atoms with Gasteiger partial charge in [0.2, 0.25) is 0 Å². The van der Waals surface area contributed by atoms with E-state index in [4.69, 9.17) is 9.84 Å². The van der Waals surface area contributed by atoms with Crippen molar-refractivity contribution < 1.29 is 14.6 Å². The molecule has 5 heteroatoms. The highest BCUT2D eigenvalue weighted by molar-refractivity contribution is 14.1. The molecule has 0 aromatic heterocycles. The van der Waals surface area contributed by atoms with E-state index in [-0.39, 0.29) is 12.1 Å². The number of aliphatic hydroxyl groups excluding tert-OH is 1. The highest BCUT2D eigenvalue weighted by Crippen LogP contribution is 2.18. The maximum atomic E-state index is 11.3. The fourth-order valence-electron chi connectivity index (χ4n) is 0.990. The van der Waals surface area contributed by atoms with E-state index in [1.165, 1.54) is 0 Å². The summed E-state index contributed by atoms with van der Waals surface area (Å²) < 4.78 is 4.71. The van der Waals surface area contributed by atoms with Gasteiger partial charge in [-0.2, -0.15) is 0 Å². The fourth-order valence-corrected chi connectivity index (χ4v) is 1.24. The topological polar surface area (TPSA) is 58.6 Å². The number of rotatable bonds is 7. The molecule has 2 N–H and O–H groups in total. The van der Waals surface area contributed by atoms with Crippen LogP contribution in [-0.2, 0) is 9.53 Å². The van der Waals surface area contributed by atoms with Gasteiger partial charge in [-0.3, -0.25) is 4.79 Å². The minimum absolute atomic E-state index is 0.173. The molecule has 0 saturated carbocycles. The van der Waals surface area contributed by atoms with Gasteiger partial charge in [-0.1, -0.05) is 0 Å². The first kappa shape index (κ1) is 15.1. The number of halogens is 1. The van der Waals surface area contributed by atoms with Crippen molar-refractivity contribution in [3.63, 3.8) is 0 Å². The molecule has 15 heavy (non-hydrogen) atoms. The van der Waals surface area contributed by atoms with Gasteiger partial charge < -0.3 is 15.2 Å². The normalized spacial score (nSPS) is 13.7. The van der Waals surface area contributed by atoms with Crippen molar-refractivity contribution >= 4 is 28.6 Å². The van der Waals surface area contributed by atoms with Gasteiger partial charge in [0.05, 0.1) is 6.10 Å². The summed E-state index contributed by atoms with van der Waals surface area (Å²) >= 11 is 2.08. The predicted molar refractivity (Wildman–Crippen MR) is 68.0 cm³/mol. The van der Waals surface area contributed by atoms with Gasteiger partial charge in [0.25, 0.3) is 0 Å². The van der Waals surface area contributed by atoms with E-state index in [9.17, 15) is 4.79 Å². The molecule has 0 rings (SSSR count). The lowest BCUT2D eigenvalue weighted by molar-refractivity contribution is -0.148. The van der Waals surface area contributed by atoms with Crippen LogP contribution < -0.4 is 5.32 Å². The Kier molecular flexibility index (Phi) is 7.46. The van der Waals surface area contributed by atoms with Crippen LogP contribution in [0.1, 0.15) is 33.6 Å². The predicted octanol–water partition coefficient (Wildman–Crippen LogP) is 1.45. The number of esters is 1. The van der Waals surface area contributed by atoms with Gasteiger partial charge in [-0.15, -0.1) is 0 Å². The zero-order valence-corrected chi connectivity index (χ0v) is 11.7. The molecule has 1 atom stereocenters. The van der Waals surface area contributed by atoms with Crippen LogP contribution in [-0.4, -0.2) is 33.9 Å². The van der Waals surface area contributed by atoms with E-state index >= 15 is 0 Å². The molecule has 0 aliphatic rings. The SMILES string of the molecule is C[C@H](O)CNCCCC(=O)OC(C)(C)I. The lowest BCUT2D eigenvalue weighted by Crippen LogP contribution is -2.26. The molecule has 0 aromatic rings. The maximum Gasteiger partial charge on any atom is 0.307 e. The second-order valence-corrected chi connectivity index (χ2v) is 6.59. The van der Waals surface area contributed by atoms with E-state index in [1.54, 1.807) is 6.92 Å². The Morgan fingerprint density at radius 1 is 1.60 bits per heavy atom. The van der Waals surface area contributed by atoms with E-state index in [1.807, 2.05) is 13.8 Å². The Morgan fingerprint density at radius 3 is 2.67 bits per heavy atom. The lowest BCUT2D eigenvalue weighted by atomic mass is 10.3. The lowest BCUT2D eigenvalue weighted by Gasteiger charge is -2.17. The number of hydrogen-bond acceptors (Lipinski definition) is 4. The average molecular weight is 329 g/mol. The monoisotopic (exact) mass is 329 g/mol. The van der Waals surface area contributed by atoms with Crippen molar-refractivity contribution in [1.82, 2.24) is 5.32 Å². The van der Waals surface area contributed by atoms with Crippen LogP contribution >= 0.6 is 22.6 Å². The number of carbonyl (C=O) groups excluding carboxylic acids is 1. The van der Waals surface area contributed by atoms with Crippen LogP contribution in [0.2, 0.25) is 0 Å². The van der Waals surface area contributed by atoms with Gasteiger partial charge in [0.1, 0.15) is 0 Å². The number of alkyl halides is 1. The number of aliphatic hydroxyl groups is 1. The molecule has 0 unspecified atom stereocenters. The zero-order valence-electron chi connectivity index (χ0n) is 9.55. The highest BCUT2D eigenvalue weighted by Gasteiger charge is 2.17. The number of nitrogens with one attached hydrogen (secondary N) is 1. The summed E-state index contributed by atoms with van der Waals surface area (Å²) in [6.45, 7) is 6.70. The second kappa shape index (κ2) is 7.40. The molecule has 0 fully saturated rings. The molecule has 0 saturated heterocycles. The minimum Gasteiger partial charge on any atom is -0.449 e. The summed E-state index contributed by atoms with van der Waals surface area (Å²) in [5.74, 6) is -0.173. The quantitative estimate of drug-likeness (QED) is 0.321. The summed E-state index contributed by atoms with van der Waals surface area (Å²) in [4.78, 5) is 11.3. The van der Waals surface area contributed by atoms with Gasteiger partial charge in [0.15, 0.2) is 3.61 Å². The van der Waals surface area contributed by atoms with Gasteiger partial charge >= 0.3 is 5.97 Å². The van der Waals surface area contributed by atoms with E-state index in [0.29, 0.717) is 13.0 Å². The summed E-state index contributed by atoms with van der Waals surface area (Å²) in [5, 5.41) is 12.0. The van der Waals surface area contributed by atoms with Gasteiger partial charge in [-0.05, 0) is 56.3 Å². The molecular weight excluding hydrogens is 309 g/mol. The van der Waals surface area contributed by atoms with Crippen molar-refractivity contribution in [1.29, 1.82) is 0 Å². The maximum absolute atomic E-state index is 11.3. The summed E-state index contributed by atoms with van der Waals surface area (Å²) in [6, 6.07) is 0. The number of hydrogen-bond donors (Lipinski definition) is 2. The van der Waals surface area contributed by atoms with Crippen LogP contribution in [0.25, 0.3) is 0 Å². The number of carbonyl (C=O) groups is 1. The van der Waals surface area contributed by atoms with E-state index in [0.717, 1.165) is 13.0 Å². The molecule has 4 nitrogen and oxygen atoms in total. The molecule has 0 radical (unpaired) electrons. The molecule has 0 amide bonds. The molecule has 0 aromatic carbocycles. The molecule has 0 aliphatic carbocycles. The molecule has 0 heterocycles. The average Bonchev–Trinajstić information content (AvgIpc) is 1.99. The largest absolute Gasteiger partial charge is 0.449 e. The summed E-state index contributed by atoms with van der Waals surface area (Å²) in [5.41, 5.74) is 0. The van der Waals surface area contributed by atoms with Crippen LogP contribution in [0.5, 0.6) is 0 Å². The van der Waals surface area contributed by atoms with Crippen molar-refractivity contribution in [2.24, 2.45) is 0 Å².